The molecule has 44 heavy (non-hydrogen) atoms. The highest BCUT2D eigenvalue weighted by atomic mass is 15.0. The summed E-state index contributed by atoms with van der Waals surface area (Å²) in [7, 11) is 0. The van der Waals surface area contributed by atoms with E-state index in [-0.39, 0.29) is 0 Å². The molecule has 0 N–H and O–H groups in total. The van der Waals surface area contributed by atoms with Crippen LogP contribution in [0.4, 0.5) is 0 Å². The van der Waals surface area contributed by atoms with Crippen molar-refractivity contribution < 1.29 is 0 Å². The minimum Gasteiger partial charge on any atom is -0.309 e. The van der Waals surface area contributed by atoms with E-state index in [4.69, 9.17) is 0 Å². The van der Waals surface area contributed by atoms with Crippen LogP contribution in [0.1, 0.15) is 27.8 Å². The van der Waals surface area contributed by atoms with E-state index in [0.717, 1.165) is 44.6 Å². The first-order valence-electron chi connectivity index (χ1n) is 14.9. The van der Waals surface area contributed by atoms with Gasteiger partial charge in [-0.2, -0.15) is 5.26 Å². The number of aromatic nitrogens is 3. The molecule has 8 aromatic rings. The van der Waals surface area contributed by atoms with Gasteiger partial charge in [0, 0.05) is 45.1 Å². The number of benzene rings is 5. The summed E-state index contributed by atoms with van der Waals surface area (Å²) >= 11 is 0. The van der Waals surface area contributed by atoms with E-state index in [9.17, 15) is 5.26 Å². The van der Waals surface area contributed by atoms with Gasteiger partial charge in [0.1, 0.15) is 0 Å². The molecule has 0 fully saturated rings. The number of nitrogens with zero attached hydrogens (tertiary/aromatic N) is 4. The van der Waals surface area contributed by atoms with Gasteiger partial charge in [0.25, 0.3) is 0 Å². The minimum atomic E-state index is 0.617. The Labute approximate surface area is 256 Å². The van der Waals surface area contributed by atoms with Gasteiger partial charge in [-0.15, -0.1) is 0 Å². The van der Waals surface area contributed by atoms with Crippen molar-refractivity contribution in [1.82, 2.24) is 14.1 Å². The summed E-state index contributed by atoms with van der Waals surface area (Å²) < 4.78 is 4.68. The summed E-state index contributed by atoms with van der Waals surface area (Å²) in [6, 6.07) is 37.1. The number of hydrogen-bond donors (Lipinski definition) is 0. The third-order valence-corrected chi connectivity index (χ3v) is 8.85. The number of nitriles is 1. The third kappa shape index (κ3) is 3.87. The maximum absolute atomic E-state index is 10.0. The molecule has 0 radical (unpaired) electrons. The van der Waals surface area contributed by atoms with Gasteiger partial charge in [0.2, 0.25) is 0 Å². The highest BCUT2D eigenvalue weighted by Crippen LogP contribution is 2.41. The monoisotopic (exact) mass is 566 g/mol. The summed E-state index contributed by atoms with van der Waals surface area (Å²) in [4.78, 5) is 4.65. The highest BCUT2D eigenvalue weighted by Gasteiger charge is 2.21. The zero-order chi connectivity index (χ0) is 30.1. The lowest BCUT2D eigenvalue weighted by atomic mass is 10.0. The first-order chi connectivity index (χ1) is 21.4. The van der Waals surface area contributed by atoms with Gasteiger partial charge < -0.3 is 9.13 Å². The Balaban J connectivity index is 1.49. The average Bonchev–Trinajstić information content (AvgIpc) is 3.51. The predicted molar refractivity (Wildman–Crippen MR) is 182 cm³/mol. The van der Waals surface area contributed by atoms with Crippen LogP contribution >= 0.6 is 0 Å². The fraction of sp³-hybridized carbons (Fsp3) is 0.100. The van der Waals surface area contributed by atoms with Gasteiger partial charge in [-0.1, -0.05) is 52.6 Å². The molecule has 0 aliphatic carbocycles. The highest BCUT2D eigenvalue weighted by molar-refractivity contribution is 6.12. The molecule has 0 aliphatic heterocycles. The molecule has 0 saturated heterocycles. The van der Waals surface area contributed by atoms with E-state index in [1.807, 2.05) is 24.5 Å². The van der Waals surface area contributed by atoms with Gasteiger partial charge in [0.15, 0.2) is 0 Å². The van der Waals surface area contributed by atoms with Crippen LogP contribution in [0.3, 0.4) is 0 Å². The number of fused-ring (bicyclic) bond motifs is 6. The lowest BCUT2D eigenvalue weighted by molar-refractivity contribution is 1.14. The minimum absolute atomic E-state index is 0.617. The second-order valence-corrected chi connectivity index (χ2v) is 12.0. The molecule has 0 unspecified atom stereocenters. The van der Waals surface area contributed by atoms with Crippen molar-refractivity contribution in [3.63, 3.8) is 0 Å². The van der Waals surface area contributed by atoms with Crippen LogP contribution in [-0.2, 0) is 0 Å². The van der Waals surface area contributed by atoms with Crippen molar-refractivity contribution in [2.24, 2.45) is 0 Å². The van der Waals surface area contributed by atoms with Crippen LogP contribution < -0.4 is 0 Å². The van der Waals surface area contributed by atoms with Crippen molar-refractivity contribution in [3.8, 4) is 28.6 Å². The Kier molecular flexibility index (Phi) is 5.73. The fourth-order valence-electron chi connectivity index (χ4n) is 6.82. The van der Waals surface area contributed by atoms with Gasteiger partial charge in [0.05, 0.1) is 45.1 Å². The summed E-state index contributed by atoms with van der Waals surface area (Å²) in [5, 5.41) is 14.9. The van der Waals surface area contributed by atoms with Gasteiger partial charge in [-0.25, -0.2) is 0 Å². The van der Waals surface area contributed by atoms with E-state index in [0.29, 0.717) is 5.56 Å². The zero-order valence-electron chi connectivity index (χ0n) is 25.2. The molecule has 0 atom stereocenters. The Morgan fingerprint density at radius 3 is 1.41 bits per heavy atom. The van der Waals surface area contributed by atoms with Crippen LogP contribution in [-0.4, -0.2) is 14.1 Å². The molecule has 3 heterocycles. The average molecular weight is 567 g/mol. The molecule has 210 valence electrons. The maximum Gasteiger partial charge on any atom is 0.0992 e. The van der Waals surface area contributed by atoms with E-state index < -0.39 is 0 Å². The Bertz CT molecular complexity index is 2380. The Morgan fingerprint density at radius 1 is 0.500 bits per heavy atom. The van der Waals surface area contributed by atoms with E-state index in [2.05, 4.69) is 133 Å². The number of aryl methyl sites for hydroxylation is 4. The lowest BCUT2D eigenvalue weighted by Gasteiger charge is -2.18. The smallest absolute Gasteiger partial charge is 0.0992 e. The Morgan fingerprint density at radius 2 is 0.955 bits per heavy atom. The summed E-state index contributed by atoms with van der Waals surface area (Å²) in [5.41, 5.74) is 14.1. The third-order valence-electron chi connectivity index (χ3n) is 8.85. The zero-order valence-corrected chi connectivity index (χ0v) is 25.2. The molecule has 4 heteroatoms. The van der Waals surface area contributed by atoms with E-state index in [1.165, 1.54) is 43.8 Å². The Hall–Kier alpha value is -5.66. The van der Waals surface area contributed by atoms with E-state index >= 15 is 0 Å². The summed E-state index contributed by atoms with van der Waals surface area (Å²) in [6.07, 6.45) is 3.83. The summed E-state index contributed by atoms with van der Waals surface area (Å²) in [5.74, 6) is 0. The van der Waals surface area contributed by atoms with Gasteiger partial charge >= 0.3 is 0 Å². The fourth-order valence-corrected chi connectivity index (χ4v) is 6.82. The normalized spacial score (nSPS) is 11.6. The van der Waals surface area contributed by atoms with E-state index in [1.54, 1.807) is 0 Å². The molecule has 0 saturated carbocycles. The molecule has 5 aromatic carbocycles. The SMILES string of the molecule is Cc1ccc2c(c1)c1cc(C)ccc1n2-c1ccncc1-c1ccc(C#N)cc1-n1c2ccc(C)cc2c2cc(C)ccc21. The molecule has 0 aliphatic rings. The maximum atomic E-state index is 10.0. The number of hydrogen-bond acceptors (Lipinski definition) is 2. The van der Waals surface area contributed by atoms with Crippen molar-refractivity contribution >= 4 is 43.6 Å². The quantitative estimate of drug-likeness (QED) is 0.214. The largest absolute Gasteiger partial charge is 0.309 e. The molecule has 4 nitrogen and oxygen atoms in total. The molecule has 8 rings (SSSR count). The first-order valence-corrected chi connectivity index (χ1v) is 14.9. The second kappa shape index (κ2) is 9.69. The van der Waals surface area contributed by atoms with Crippen LogP contribution in [0, 0.1) is 39.0 Å². The van der Waals surface area contributed by atoms with Crippen molar-refractivity contribution in [2.75, 3.05) is 0 Å². The van der Waals surface area contributed by atoms with Crippen molar-refractivity contribution in [3.05, 3.63) is 137 Å². The van der Waals surface area contributed by atoms with Crippen LogP contribution in [0.2, 0.25) is 0 Å². The molecule has 0 amide bonds. The van der Waals surface area contributed by atoms with Gasteiger partial charge in [-0.05, 0) is 94.4 Å². The predicted octanol–water partition coefficient (Wildman–Crippen LogP) is 10.0. The number of rotatable bonds is 3. The standard InChI is InChI=1S/C40H30N4/c1-24-5-11-35-30(17-24)31-18-25(2)6-12-36(31)43(35)39-15-16-42-23-34(39)29-10-9-28(22-41)21-40(29)44-37-13-7-26(3)19-32(37)33-20-27(4)8-14-38(33)44/h5-21,23H,1-4H3. The van der Waals surface area contributed by atoms with Crippen LogP contribution in [0.15, 0.2) is 109 Å². The molecule has 0 spiro atoms. The van der Waals surface area contributed by atoms with Crippen LogP contribution in [0.25, 0.3) is 66.1 Å². The van der Waals surface area contributed by atoms with Gasteiger partial charge in [-0.3, -0.25) is 4.98 Å². The number of pyridine rings is 1. The molecule has 3 aromatic heterocycles. The first kappa shape index (κ1) is 26.0. The lowest BCUT2D eigenvalue weighted by Crippen LogP contribution is -2.02. The molecular weight excluding hydrogens is 536 g/mol. The van der Waals surface area contributed by atoms with Crippen molar-refractivity contribution in [2.45, 2.75) is 27.7 Å². The second-order valence-electron chi connectivity index (χ2n) is 12.0. The molecular formula is C40H30N4. The van der Waals surface area contributed by atoms with Crippen molar-refractivity contribution in [1.29, 1.82) is 5.26 Å². The topological polar surface area (TPSA) is 46.5 Å². The van der Waals surface area contributed by atoms with Crippen LogP contribution in [0.5, 0.6) is 0 Å². The molecule has 0 bridgehead atoms. The summed E-state index contributed by atoms with van der Waals surface area (Å²) in [6.45, 7) is 8.57.